The van der Waals surface area contributed by atoms with Crippen LogP contribution >= 0.6 is 15.9 Å². The zero-order valence-electron chi connectivity index (χ0n) is 7.87. The van der Waals surface area contributed by atoms with Gasteiger partial charge in [0.2, 0.25) is 0 Å². The molecular weight excluding hydrogens is 200 g/mol. The molecule has 0 saturated carbocycles. The first-order valence-corrected chi connectivity index (χ1v) is 4.73. The van der Waals surface area contributed by atoms with E-state index in [-0.39, 0.29) is 9.74 Å². The predicted octanol–water partition coefficient (Wildman–Crippen LogP) is 3.60. The van der Waals surface area contributed by atoms with Gasteiger partial charge in [0.05, 0.1) is 0 Å². The molecule has 0 unspecified atom stereocenters. The van der Waals surface area contributed by atoms with Gasteiger partial charge in [-0.1, -0.05) is 29.8 Å². The van der Waals surface area contributed by atoms with Gasteiger partial charge < -0.3 is 0 Å². The lowest BCUT2D eigenvalue weighted by atomic mass is 9.86. The van der Waals surface area contributed by atoms with E-state index < -0.39 is 0 Å². The molecule has 0 saturated heterocycles. The molecule has 0 bridgehead atoms. The van der Waals surface area contributed by atoms with Gasteiger partial charge in [-0.05, 0) is 26.7 Å². The van der Waals surface area contributed by atoms with Crippen molar-refractivity contribution >= 4 is 15.9 Å². The summed E-state index contributed by atoms with van der Waals surface area (Å²) in [5.74, 6) is 2.79. The zero-order valence-corrected chi connectivity index (χ0v) is 9.46. The Labute approximate surface area is 78.9 Å². The van der Waals surface area contributed by atoms with Crippen LogP contribution in [0.5, 0.6) is 0 Å². The SMILES string of the molecule is C#CC(C)(C)CCC(C)(C)Br. The van der Waals surface area contributed by atoms with E-state index >= 15 is 0 Å². The molecule has 0 fully saturated rings. The van der Waals surface area contributed by atoms with Crippen LogP contribution in [0.1, 0.15) is 40.5 Å². The van der Waals surface area contributed by atoms with Crippen LogP contribution in [-0.4, -0.2) is 4.32 Å². The predicted molar refractivity (Wildman–Crippen MR) is 54.9 cm³/mol. The molecule has 0 rings (SSSR count). The molecular formula is C10H17Br. The Morgan fingerprint density at radius 3 is 1.91 bits per heavy atom. The van der Waals surface area contributed by atoms with Crippen molar-refractivity contribution < 1.29 is 0 Å². The summed E-state index contributed by atoms with van der Waals surface area (Å²) in [5.41, 5.74) is 0.0467. The maximum atomic E-state index is 5.37. The Bertz CT molecular complexity index is 155. The highest BCUT2D eigenvalue weighted by Crippen LogP contribution is 2.29. The van der Waals surface area contributed by atoms with Gasteiger partial charge in [0.25, 0.3) is 0 Å². The lowest BCUT2D eigenvalue weighted by molar-refractivity contribution is 0.416. The van der Waals surface area contributed by atoms with Gasteiger partial charge in [-0.2, -0.15) is 0 Å². The van der Waals surface area contributed by atoms with Crippen LogP contribution in [-0.2, 0) is 0 Å². The Hall–Kier alpha value is 0.0400. The number of hydrogen-bond donors (Lipinski definition) is 0. The molecule has 64 valence electrons. The first kappa shape index (κ1) is 11.0. The highest BCUT2D eigenvalue weighted by molar-refractivity contribution is 9.10. The van der Waals surface area contributed by atoms with E-state index in [0.29, 0.717) is 0 Å². The van der Waals surface area contributed by atoms with Gasteiger partial charge >= 0.3 is 0 Å². The summed E-state index contributed by atoms with van der Waals surface area (Å²) in [5, 5.41) is 0. The normalized spacial score (nSPS) is 12.7. The second-order valence-corrected chi connectivity index (χ2v) is 6.39. The van der Waals surface area contributed by atoms with Crippen molar-refractivity contribution in [2.24, 2.45) is 5.41 Å². The topological polar surface area (TPSA) is 0 Å². The standard InChI is InChI=1S/C10H17Br/c1-6-9(2,3)7-8-10(4,5)11/h1H,7-8H2,2-5H3. The van der Waals surface area contributed by atoms with Gasteiger partial charge in [-0.15, -0.1) is 12.3 Å². The number of terminal acetylenes is 1. The minimum atomic E-state index is 0.0467. The van der Waals surface area contributed by atoms with Gasteiger partial charge in [-0.3, -0.25) is 0 Å². The quantitative estimate of drug-likeness (QED) is 0.500. The zero-order chi connectivity index (χ0) is 9.12. The van der Waals surface area contributed by atoms with Crippen molar-refractivity contribution in [3.8, 4) is 12.3 Å². The molecule has 0 aromatic carbocycles. The maximum Gasteiger partial charge on any atom is 0.0256 e. The Morgan fingerprint density at radius 1 is 1.18 bits per heavy atom. The van der Waals surface area contributed by atoms with Gasteiger partial charge in [0.15, 0.2) is 0 Å². The van der Waals surface area contributed by atoms with E-state index in [0.717, 1.165) is 12.8 Å². The third-order valence-electron chi connectivity index (χ3n) is 1.74. The Balaban J connectivity index is 3.83. The fourth-order valence-electron chi connectivity index (χ4n) is 0.682. The van der Waals surface area contributed by atoms with E-state index in [1.807, 2.05) is 0 Å². The lowest BCUT2D eigenvalue weighted by Gasteiger charge is -2.22. The van der Waals surface area contributed by atoms with Gasteiger partial charge in [0, 0.05) is 9.74 Å². The minimum absolute atomic E-state index is 0.0467. The van der Waals surface area contributed by atoms with Crippen molar-refractivity contribution in [2.75, 3.05) is 0 Å². The summed E-state index contributed by atoms with van der Waals surface area (Å²) in [6, 6.07) is 0. The molecule has 1 heteroatoms. The van der Waals surface area contributed by atoms with Crippen LogP contribution in [0, 0.1) is 17.8 Å². The first-order valence-electron chi connectivity index (χ1n) is 3.93. The van der Waals surface area contributed by atoms with Crippen LogP contribution in [0.15, 0.2) is 0 Å². The highest BCUT2D eigenvalue weighted by atomic mass is 79.9. The fraction of sp³-hybridized carbons (Fsp3) is 0.800. The molecule has 0 nitrogen and oxygen atoms in total. The van der Waals surface area contributed by atoms with E-state index in [1.54, 1.807) is 0 Å². The molecule has 0 aromatic heterocycles. The molecule has 0 N–H and O–H groups in total. The summed E-state index contributed by atoms with van der Waals surface area (Å²) >= 11 is 3.59. The Morgan fingerprint density at radius 2 is 1.64 bits per heavy atom. The Kier molecular flexibility index (Phi) is 3.64. The van der Waals surface area contributed by atoms with E-state index in [4.69, 9.17) is 6.42 Å². The molecule has 0 radical (unpaired) electrons. The molecule has 0 aromatic rings. The van der Waals surface area contributed by atoms with E-state index in [2.05, 4.69) is 49.5 Å². The third-order valence-corrected chi connectivity index (χ3v) is 2.13. The molecule has 0 aliphatic carbocycles. The number of alkyl halides is 1. The molecule has 0 aliphatic rings. The maximum absolute atomic E-state index is 5.37. The summed E-state index contributed by atoms with van der Waals surface area (Å²) in [6.45, 7) is 8.54. The van der Waals surface area contributed by atoms with Crippen LogP contribution in [0.2, 0.25) is 0 Å². The smallest absolute Gasteiger partial charge is 0.0256 e. The first-order chi connectivity index (χ1) is 4.77. The highest BCUT2D eigenvalue weighted by Gasteiger charge is 2.19. The molecule has 0 spiro atoms. The van der Waals surface area contributed by atoms with Crippen molar-refractivity contribution in [1.82, 2.24) is 0 Å². The number of hydrogen-bond acceptors (Lipinski definition) is 0. The van der Waals surface area contributed by atoms with Gasteiger partial charge in [-0.25, -0.2) is 0 Å². The molecule has 0 atom stereocenters. The average Bonchev–Trinajstić information content (AvgIpc) is 1.83. The summed E-state index contributed by atoms with van der Waals surface area (Å²) < 4.78 is 0.223. The summed E-state index contributed by atoms with van der Waals surface area (Å²) in [4.78, 5) is 0. The van der Waals surface area contributed by atoms with Crippen molar-refractivity contribution in [2.45, 2.75) is 44.9 Å². The summed E-state index contributed by atoms with van der Waals surface area (Å²) in [7, 11) is 0. The van der Waals surface area contributed by atoms with Crippen molar-refractivity contribution in [3.63, 3.8) is 0 Å². The van der Waals surface area contributed by atoms with Crippen molar-refractivity contribution in [1.29, 1.82) is 0 Å². The van der Waals surface area contributed by atoms with Crippen molar-refractivity contribution in [3.05, 3.63) is 0 Å². The third kappa shape index (κ3) is 6.44. The second kappa shape index (κ2) is 3.63. The van der Waals surface area contributed by atoms with Crippen LogP contribution in [0.3, 0.4) is 0 Å². The molecule has 0 heterocycles. The van der Waals surface area contributed by atoms with Crippen LogP contribution in [0.25, 0.3) is 0 Å². The molecule has 0 aliphatic heterocycles. The fourth-order valence-corrected chi connectivity index (χ4v) is 0.880. The van der Waals surface area contributed by atoms with E-state index in [1.165, 1.54) is 0 Å². The van der Waals surface area contributed by atoms with Crippen LogP contribution in [0.4, 0.5) is 0 Å². The summed E-state index contributed by atoms with van der Waals surface area (Å²) in [6.07, 6.45) is 7.56. The monoisotopic (exact) mass is 216 g/mol. The number of rotatable bonds is 3. The van der Waals surface area contributed by atoms with E-state index in [9.17, 15) is 0 Å². The minimum Gasteiger partial charge on any atom is -0.120 e. The number of halogens is 1. The average molecular weight is 217 g/mol. The molecule has 0 amide bonds. The van der Waals surface area contributed by atoms with Gasteiger partial charge in [0.1, 0.15) is 0 Å². The largest absolute Gasteiger partial charge is 0.120 e. The second-order valence-electron chi connectivity index (χ2n) is 4.25. The molecule has 11 heavy (non-hydrogen) atoms. The van der Waals surface area contributed by atoms with Crippen LogP contribution < -0.4 is 0 Å². The lowest BCUT2D eigenvalue weighted by Crippen LogP contribution is -2.16.